The highest BCUT2D eigenvalue weighted by Gasteiger charge is 2.22. The lowest BCUT2D eigenvalue weighted by atomic mass is 10.0. The van der Waals surface area contributed by atoms with Crippen LogP contribution in [-0.2, 0) is 4.79 Å². The normalized spacial score (nSPS) is 14.1. The van der Waals surface area contributed by atoms with Crippen LogP contribution < -0.4 is 5.32 Å². The number of carbonyl (C=O) groups is 1. The molecule has 0 radical (unpaired) electrons. The standard InChI is InChI=1S/C33H65NO4/c1-3-5-7-9-11-13-15-16-18-19-21-23-25-27-31(36)30(29-35)34-33(38)32(37)28-26-24-22-20-17-14-12-10-8-6-4-2/h25,27,30-32,35-37H,3-24,26,28-29H2,1-2H3,(H,34,38)/b27-25+. The molecule has 0 aliphatic rings. The lowest BCUT2D eigenvalue weighted by molar-refractivity contribution is -0.131. The van der Waals surface area contributed by atoms with Crippen LogP contribution in [0.5, 0.6) is 0 Å². The van der Waals surface area contributed by atoms with E-state index in [9.17, 15) is 20.1 Å². The first-order valence-corrected chi connectivity index (χ1v) is 16.5. The van der Waals surface area contributed by atoms with E-state index in [-0.39, 0.29) is 6.61 Å². The van der Waals surface area contributed by atoms with Gasteiger partial charge in [0.2, 0.25) is 5.91 Å². The van der Waals surface area contributed by atoms with E-state index in [0.717, 1.165) is 32.1 Å². The van der Waals surface area contributed by atoms with E-state index in [1.54, 1.807) is 6.08 Å². The predicted molar refractivity (Wildman–Crippen MR) is 162 cm³/mol. The number of hydrogen-bond donors (Lipinski definition) is 4. The average Bonchev–Trinajstić information content (AvgIpc) is 2.92. The molecule has 0 aromatic carbocycles. The Hall–Kier alpha value is -0.910. The Labute approximate surface area is 236 Å². The SMILES string of the molecule is CCCCCCCCCCCCC/C=C/C(O)C(CO)NC(=O)C(O)CCCCCCCCCCCCC. The largest absolute Gasteiger partial charge is 0.394 e. The van der Waals surface area contributed by atoms with Gasteiger partial charge in [-0.05, 0) is 19.3 Å². The first-order valence-electron chi connectivity index (χ1n) is 16.5. The molecule has 0 fully saturated rings. The Morgan fingerprint density at radius 3 is 1.45 bits per heavy atom. The van der Waals surface area contributed by atoms with Crippen LogP contribution >= 0.6 is 0 Å². The van der Waals surface area contributed by atoms with Crippen molar-refractivity contribution >= 4 is 5.91 Å². The molecule has 3 unspecified atom stereocenters. The third-order valence-electron chi connectivity index (χ3n) is 7.63. The zero-order chi connectivity index (χ0) is 28.1. The number of aliphatic hydroxyl groups is 3. The Bertz CT molecular complexity index is 525. The van der Waals surface area contributed by atoms with Gasteiger partial charge in [-0.1, -0.05) is 161 Å². The average molecular weight is 540 g/mol. The topological polar surface area (TPSA) is 89.8 Å². The molecule has 3 atom stereocenters. The summed E-state index contributed by atoms with van der Waals surface area (Å²) in [5, 5.41) is 32.8. The molecule has 5 nitrogen and oxygen atoms in total. The van der Waals surface area contributed by atoms with Gasteiger partial charge in [-0.3, -0.25) is 4.79 Å². The third kappa shape index (κ3) is 24.2. The minimum Gasteiger partial charge on any atom is -0.394 e. The molecular weight excluding hydrogens is 474 g/mol. The fourth-order valence-electron chi connectivity index (χ4n) is 4.95. The minimum absolute atomic E-state index is 0.360. The summed E-state index contributed by atoms with van der Waals surface area (Å²) in [6, 6.07) is -0.789. The maximum atomic E-state index is 12.3. The van der Waals surface area contributed by atoms with Crippen molar-refractivity contribution in [2.75, 3.05) is 6.61 Å². The molecule has 38 heavy (non-hydrogen) atoms. The van der Waals surface area contributed by atoms with Crippen molar-refractivity contribution in [3.8, 4) is 0 Å². The summed E-state index contributed by atoms with van der Waals surface area (Å²) >= 11 is 0. The second kappa shape index (κ2) is 29.1. The van der Waals surface area contributed by atoms with Gasteiger partial charge < -0.3 is 20.6 Å². The summed E-state index contributed by atoms with van der Waals surface area (Å²) in [7, 11) is 0. The van der Waals surface area contributed by atoms with Crippen LogP contribution in [0.4, 0.5) is 0 Å². The molecule has 0 saturated carbocycles. The molecule has 226 valence electrons. The van der Waals surface area contributed by atoms with Gasteiger partial charge in [-0.25, -0.2) is 0 Å². The maximum Gasteiger partial charge on any atom is 0.249 e. The van der Waals surface area contributed by atoms with Crippen molar-refractivity contribution in [3.63, 3.8) is 0 Å². The monoisotopic (exact) mass is 539 g/mol. The first kappa shape index (κ1) is 37.1. The fraction of sp³-hybridized carbons (Fsp3) is 0.909. The van der Waals surface area contributed by atoms with E-state index in [1.807, 2.05) is 6.08 Å². The summed E-state index contributed by atoms with van der Waals surface area (Å²) in [5.74, 6) is -0.506. The number of allylic oxidation sites excluding steroid dienone is 1. The van der Waals surface area contributed by atoms with Crippen molar-refractivity contribution in [2.24, 2.45) is 0 Å². The Morgan fingerprint density at radius 2 is 1.03 bits per heavy atom. The Balaban J connectivity index is 3.79. The van der Waals surface area contributed by atoms with Crippen molar-refractivity contribution in [3.05, 3.63) is 12.2 Å². The van der Waals surface area contributed by atoms with Crippen molar-refractivity contribution in [1.29, 1.82) is 0 Å². The zero-order valence-electron chi connectivity index (χ0n) is 25.3. The van der Waals surface area contributed by atoms with Gasteiger partial charge >= 0.3 is 0 Å². The molecule has 0 aliphatic heterocycles. The van der Waals surface area contributed by atoms with Crippen molar-refractivity contribution < 1.29 is 20.1 Å². The molecule has 0 saturated heterocycles. The van der Waals surface area contributed by atoms with Crippen molar-refractivity contribution in [1.82, 2.24) is 5.32 Å². The molecule has 0 aromatic rings. The molecule has 0 spiro atoms. The van der Waals surface area contributed by atoms with E-state index in [2.05, 4.69) is 19.2 Å². The molecule has 0 aliphatic carbocycles. The summed E-state index contributed by atoms with van der Waals surface area (Å²) < 4.78 is 0. The number of unbranched alkanes of at least 4 members (excludes halogenated alkanes) is 21. The highest BCUT2D eigenvalue weighted by Crippen LogP contribution is 2.14. The number of hydrogen-bond acceptors (Lipinski definition) is 4. The molecule has 0 aromatic heterocycles. The van der Waals surface area contributed by atoms with Crippen LogP contribution in [0.1, 0.15) is 168 Å². The molecule has 0 rings (SSSR count). The summed E-state index contributed by atoms with van der Waals surface area (Å²) in [4.78, 5) is 12.3. The maximum absolute atomic E-state index is 12.3. The van der Waals surface area contributed by atoms with Gasteiger partial charge in [0, 0.05) is 0 Å². The highest BCUT2D eigenvalue weighted by molar-refractivity contribution is 5.80. The summed E-state index contributed by atoms with van der Waals surface area (Å²) in [6.45, 7) is 4.14. The number of aliphatic hydroxyl groups excluding tert-OH is 3. The van der Waals surface area contributed by atoms with E-state index in [1.165, 1.54) is 116 Å². The van der Waals surface area contributed by atoms with Gasteiger partial charge in [-0.15, -0.1) is 0 Å². The van der Waals surface area contributed by atoms with Gasteiger partial charge in [0.1, 0.15) is 6.10 Å². The van der Waals surface area contributed by atoms with Crippen LogP contribution in [-0.4, -0.2) is 46.1 Å². The quantitative estimate of drug-likeness (QED) is 0.0570. The van der Waals surface area contributed by atoms with Gasteiger partial charge in [-0.2, -0.15) is 0 Å². The van der Waals surface area contributed by atoms with Gasteiger partial charge in [0.25, 0.3) is 0 Å². The number of nitrogens with one attached hydrogen (secondary N) is 1. The molecule has 0 heterocycles. The van der Waals surface area contributed by atoms with Gasteiger partial charge in [0.05, 0.1) is 18.8 Å². The smallest absolute Gasteiger partial charge is 0.249 e. The van der Waals surface area contributed by atoms with E-state index < -0.39 is 24.2 Å². The van der Waals surface area contributed by atoms with E-state index >= 15 is 0 Å². The predicted octanol–water partition coefficient (Wildman–Crippen LogP) is 8.14. The lowest BCUT2D eigenvalue weighted by Gasteiger charge is -2.21. The van der Waals surface area contributed by atoms with Crippen LogP contribution in [0.3, 0.4) is 0 Å². The van der Waals surface area contributed by atoms with Crippen molar-refractivity contribution in [2.45, 2.75) is 186 Å². The molecule has 1 amide bonds. The number of carbonyl (C=O) groups excluding carboxylic acids is 1. The minimum atomic E-state index is -1.09. The third-order valence-corrected chi connectivity index (χ3v) is 7.63. The molecule has 0 bridgehead atoms. The molecular formula is C33H65NO4. The highest BCUT2D eigenvalue weighted by atomic mass is 16.3. The Morgan fingerprint density at radius 1 is 0.632 bits per heavy atom. The fourth-order valence-corrected chi connectivity index (χ4v) is 4.95. The van der Waals surface area contributed by atoms with Crippen LogP contribution in [0.25, 0.3) is 0 Å². The number of rotatable bonds is 29. The zero-order valence-corrected chi connectivity index (χ0v) is 25.3. The lowest BCUT2D eigenvalue weighted by Crippen LogP contribution is -2.48. The first-order chi connectivity index (χ1) is 18.6. The molecule has 5 heteroatoms. The van der Waals surface area contributed by atoms with Crippen LogP contribution in [0.15, 0.2) is 12.2 Å². The van der Waals surface area contributed by atoms with Crippen LogP contribution in [0, 0.1) is 0 Å². The van der Waals surface area contributed by atoms with Crippen LogP contribution in [0.2, 0.25) is 0 Å². The summed E-state index contributed by atoms with van der Waals surface area (Å²) in [6.07, 6.45) is 30.7. The van der Waals surface area contributed by atoms with Gasteiger partial charge in [0.15, 0.2) is 0 Å². The Kier molecular flexibility index (Phi) is 28.4. The number of amides is 1. The van der Waals surface area contributed by atoms with E-state index in [4.69, 9.17) is 0 Å². The second-order valence-corrected chi connectivity index (χ2v) is 11.4. The summed E-state index contributed by atoms with van der Waals surface area (Å²) in [5.41, 5.74) is 0. The van der Waals surface area contributed by atoms with E-state index in [0.29, 0.717) is 6.42 Å². The second-order valence-electron chi connectivity index (χ2n) is 11.4. The molecule has 4 N–H and O–H groups in total.